The summed E-state index contributed by atoms with van der Waals surface area (Å²) < 4.78 is 17.7. The number of para-hydroxylation sites is 1. The molecule has 2 aromatic carbocycles. The second-order valence-electron chi connectivity index (χ2n) is 12.9. The molecule has 7 rings (SSSR count). The number of hydrogen-bond donors (Lipinski definition) is 2. The van der Waals surface area contributed by atoms with Gasteiger partial charge in [-0.15, -0.1) is 0 Å². The van der Waals surface area contributed by atoms with Crippen molar-refractivity contribution in [3.05, 3.63) is 71.9 Å². The molecule has 2 spiro atoms. The summed E-state index contributed by atoms with van der Waals surface area (Å²) in [5.74, 6) is -2.71. The van der Waals surface area contributed by atoms with Crippen LogP contribution in [0, 0.1) is 16.2 Å². The van der Waals surface area contributed by atoms with Crippen LogP contribution >= 0.6 is 0 Å². The molecule has 10 heteroatoms. The summed E-state index contributed by atoms with van der Waals surface area (Å²) in [6, 6.07) is 16.0. The molecule has 4 fully saturated rings. The van der Waals surface area contributed by atoms with E-state index < -0.39 is 64.1 Å². The largest absolute Gasteiger partial charge is 0.461 e. The normalized spacial score (nSPS) is 33.4. The molecule has 0 radical (unpaired) electrons. The number of rotatable bonds is 5. The molecule has 3 saturated heterocycles. The number of fused-ring (bicyclic) bond motifs is 1. The van der Waals surface area contributed by atoms with Crippen LogP contribution in [0.25, 0.3) is 10.9 Å². The Hall–Kier alpha value is -4.18. The van der Waals surface area contributed by atoms with Gasteiger partial charge >= 0.3 is 17.9 Å². The maximum atomic E-state index is 14.4. The van der Waals surface area contributed by atoms with Gasteiger partial charge in [-0.3, -0.25) is 14.4 Å². The van der Waals surface area contributed by atoms with Gasteiger partial charge in [-0.25, -0.2) is 4.79 Å². The Kier molecular flexibility index (Phi) is 5.51. The highest BCUT2D eigenvalue weighted by Gasteiger charge is 2.93. The summed E-state index contributed by atoms with van der Waals surface area (Å²) in [6.45, 7) is 5.52. The third-order valence-corrected chi connectivity index (χ3v) is 10.1. The fourth-order valence-electron chi connectivity index (χ4n) is 8.15. The minimum atomic E-state index is -1.80. The molecular formula is C32H32N2O8. The molecule has 6 atom stereocenters. The Morgan fingerprint density at radius 3 is 2.52 bits per heavy atom. The highest BCUT2D eigenvalue weighted by Crippen LogP contribution is 2.76. The number of nitrogens with zero attached hydrogens (tertiary/aromatic N) is 1. The van der Waals surface area contributed by atoms with Crippen molar-refractivity contribution in [1.82, 2.24) is 9.88 Å². The summed E-state index contributed by atoms with van der Waals surface area (Å²) in [5.41, 5.74) is -4.13. The number of esters is 3. The first kappa shape index (κ1) is 26.7. The maximum Gasteiger partial charge on any atom is 0.338 e. The van der Waals surface area contributed by atoms with E-state index in [4.69, 9.17) is 14.2 Å². The number of H-pyrrole nitrogens is 1. The summed E-state index contributed by atoms with van der Waals surface area (Å²) in [7, 11) is 0. The number of hydrogen-bond acceptors (Lipinski definition) is 8. The van der Waals surface area contributed by atoms with Crippen molar-refractivity contribution >= 4 is 34.7 Å². The van der Waals surface area contributed by atoms with Gasteiger partial charge in [0.1, 0.15) is 16.9 Å². The summed E-state index contributed by atoms with van der Waals surface area (Å²) in [4.78, 5) is 59.3. The van der Waals surface area contributed by atoms with Crippen LogP contribution in [0.3, 0.4) is 0 Å². The number of carbonyl (C=O) groups excluding carboxylic acids is 4. The van der Waals surface area contributed by atoms with E-state index in [1.807, 2.05) is 30.5 Å². The van der Waals surface area contributed by atoms with E-state index >= 15 is 0 Å². The van der Waals surface area contributed by atoms with Gasteiger partial charge in [-0.1, -0.05) is 57.2 Å². The zero-order valence-electron chi connectivity index (χ0n) is 23.6. The number of aromatic nitrogens is 1. The lowest BCUT2D eigenvalue weighted by molar-refractivity contribution is -0.211. The van der Waals surface area contributed by atoms with E-state index in [0.29, 0.717) is 6.42 Å². The number of likely N-dealkylation sites (tertiary alicyclic amines) is 1. The van der Waals surface area contributed by atoms with Gasteiger partial charge in [0.25, 0.3) is 5.91 Å². The van der Waals surface area contributed by atoms with Crippen LogP contribution in [0.1, 0.15) is 49.5 Å². The highest BCUT2D eigenvalue weighted by atomic mass is 16.6. The number of aromatic amines is 1. The van der Waals surface area contributed by atoms with E-state index in [9.17, 15) is 24.3 Å². The number of ether oxygens (including phenoxy) is 3. The Morgan fingerprint density at radius 1 is 1.07 bits per heavy atom. The molecule has 1 saturated carbocycles. The van der Waals surface area contributed by atoms with Crippen molar-refractivity contribution in [1.29, 1.82) is 0 Å². The molecule has 4 heterocycles. The number of amides is 1. The van der Waals surface area contributed by atoms with E-state index in [1.54, 1.807) is 51.1 Å². The molecule has 1 aliphatic carbocycles. The van der Waals surface area contributed by atoms with Gasteiger partial charge in [-0.05, 0) is 35.6 Å². The van der Waals surface area contributed by atoms with E-state index in [-0.39, 0.29) is 24.9 Å². The number of nitrogens with one attached hydrogen (secondary N) is 1. The second-order valence-corrected chi connectivity index (χ2v) is 12.9. The second kappa shape index (κ2) is 8.67. The van der Waals surface area contributed by atoms with Crippen LogP contribution in [0.5, 0.6) is 0 Å². The predicted octanol–water partition coefficient (Wildman–Crippen LogP) is 3.13. The molecule has 4 aliphatic rings. The highest BCUT2D eigenvalue weighted by molar-refractivity contribution is 5.99. The lowest BCUT2D eigenvalue weighted by atomic mass is 9.52. The van der Waals surface area contributed by atoms with Crippen molar-refractivity contribution in [3.8, 4) is 0 Å². The van der Waals surface area contributed by atoms with Crippen LogP contribution < -0.4 is 0 Å². The maximum absolute atomic E-state index is 14.4. The lowest BCUT2D eigenvalue weighted by Gasteiger charge is -2.51. The average molecular weight is 573 g/mol. The molecule has 42 heavy (non-hydrogen) atoms. The molecule has 1 aromatic heterocycles. The number of carbonyl (C=O) groups is 4. The van der Waals surface area contributed by atoms with Crippen LogP contribution in [0.15, 0.2) is 60.8 Å². The third-order valence-electron chi connectivity index (χ3n) is 10.1. The van der Waals surface area contributed by atoms with E-state index in [1.165, 1.54) is 4.90 Å². The Bertz CT molecular complexity index is 1640. The lowest BCUT2D eigenvalue weighted by Crippen LogP contribution is -2.66. The van der Waals surface area contributed by atoms with Crippen LogP contribution in [-0.2, 0) is 35.0 Å². The molecule has 3 aromatic rings. The fourth-order valence-corrected chi connectivity index (χ4v) is 8.15. The molecule has 2 N–H and O–H groups in total. The van der Waals surface area contributed by atoms with Gasteiger partial charge in [0, 0.05) is 30.1 Å². The first-order valence-corrected chi connectivity index (χ1v) is 14.2. The van der Waals surface area contributed by atoms with Crippen molar-refractivity contribution < 1.29 is 38.5 Å². The van der Waals surface area contributed by atoms with Crippen LogP contribution in [0.2, 0.25) is 0 Å². The molecule has 218 valence electrons. The smallest absolute Gasteiger partial charge is 0.338 e. The summed E-state index contributed by atoms with van der Waals surface area (Å²) >= 11 is 0. The zero-order chi connectivity index (χ0) is 29.7. The molecule has 0 bridgehead atoms. The van der Waals surface area contributed by atoms with E-state index in [0.717, 1.165) is 16.5 Å². The van der Waals surface area contributed by atoms with Gasteiger partial charge < -0.3 is 29.2 Å². The quantitative estimate of drug-likeness (QED) is 0.352. The van der Waals surface area contributed by atoms with Crippen LogP contribution in [0.4, 0.5) is 0 Å². The summed E-state index contributed by atoms with van der Waals surface area (Å²) in [6.07, 6.45) is -2.12. The minimum Gasteiger partial charge on any atom is -0.461 e. The van der Waals surface area contributed by atoms with Crippen molar-refractivity contribution in [3.63, 3.8) is 0 Å². The van der Waals surface area contributed by atoms with Crippen molar-refractivity contribution in [2.45, 2.75) is 64.1 Å². The first-order valence-electron chi connectivity index (χ1n) is 14.2. The molecule has 3 aliphatic heterocycles. The van der Waals surface area contributed by atoms with Crippen LogP contribution in [-0.4, -0.2) is 69.4 Å². The SMILES string of the molecule is CC(C)(C)[C@]1(O)C[C@@H]2OC(=O)C[C@@]23C(=O)O[C@@H]2N(CCc4c[nH]c5ccccc45)C(=O)[C@H](OC(=O)c4ccccc4)[C@]213. The monoisotopic (exact) mass is 572 g/mol. The Balaban J connectivity index is 1.37. The van der Waals surface area contributed by atoms with Gasteiger partial charge in [-0.2, -0.15) is 0 Å². The molecule has 1 amide bonds. The standard InChI is InChI=1S/C32H32N2O8/c1-29(2,3)31(39)15-22-30(16-23(35)40-22)28(38)42-27-32(30,31)24(41-26(37)18-9-5-4-6-10-18)25(36)34(27)14-13-19-17-33-21-12-8-7-11-20(19)21/h4-12,17,22,24,27,33,39H,13-16H2,1-3H3/t22-,24-,27-,30-,31+,32+/m0/s1. The molecule has 10 nitrogen and oxygen atoms in total. The number of aliphatic hydroxyl groups is 1. The fraction of sp³-hybridized carbons (Fsp3) is 0.438. The molecular weight excluding hydrogens is 540 g/mol. The number of benzene rings is 2. The average Bonchev–Trinajstić information content (AvgIpc) is 3.68. The first-order chi connectivity index (χ1) is 20.0. The van der Waals surface area contributed by atoms with Crippen molar-refractivity contribution in [2.24, 2.45) is 16.2 Å². The minimum absolute atomic E-state index is 0.100. The van der Waals surface area contributed by atoms with E-state index in [2.05, 4.69) is 4.98 Å². The van der Waals surface area contributed by atoms with Gasteiger partial charge in [0.2, 0.25) is 0 Å². The molecule has 0 unspecified atom stereocenters. The Morgan fingerprint density at radius 2 is 1.79 bits per heavy atom. The van der Waals surface area contributed by atoms with Gasteiger partial charge in [0.15, 0.2) is 12.3 Å². The van der Waals surface area contributed by atoms with Crippen molar-refractivity contribution in [2.75, 3.05) is 6.54 Å². The Labute approximate surface area is 241 Å². The third kappa shape index (κ3) is 3.13. The van der Waals surface area contributed by atoms with Gasteiger partial charge in [0.05, 0.1) is 17.6 Å². The predicted molar refractivity (Wildman–Crippen MR) is 148 cm³/mol. The summed E-state index contributed by atoms with van der Waals surface area (Å²) in [5, 5.41) is 13.7. The zero-order valence-corrected chi connectivity index (χ0v) is 23.6. The topological polar surface area (TPSA) is 135 Å².